The van der Waals surface area contributed by atoms with Crippen LogP contribution in [0.2, 0.25) is 0 Å². The van der Waals surface area contributed by atoms with Crippen molar-refractivity contribution in [2.45, 2.75) is 0 Å². The van der Waals surface area contributed by atoms with Gasteiger partial charge in [0.25, 0.3) is 0 Å². The zero-order valence-electron chi connectivity index (χ0n) is 9.72. The third-order valence-electron chi connectivity index (χ3n) is 2.31. The Labute approximate surface area is 104 Å². The molecule has 0 bridgehead atoms. The number of ether oxygens (including phenoxy) is 2. The Bertz CT molecular complexity index is 549. The molecule has 0 aliphatic carbocycles. The summed E-state index contributed by atoms with van der Waals surface area (Å²) in [5.74, 6) is 0.153. The second-order valence-corrected chi connectivity index (χ2v) is 3.58. The molecule has 0 radical (unpaired) electrons. The first-order chi connectivity index (χ1) is 8.69. The van der Waals surface area contributed by atoms with E-state index in [1.165, 1.54) is 19.2 Å². The van der Waals surface area contributed by atoms with Crippen molar-refractivity contribution in [2.75, 3.05) is 7.11 Å². The van der Waals surface area contributed by atoms with E-state index in [0.717, 1.165) is 0 Å². The van der Waals surface area contributed by atoms with Gasteiger partial charge < -0.3 is 9.47 Å². The van der Waals surface area contributed by atoms with E-state index in [1.807, 2.05) is 0 Å². The van der Waals surface area contributed by atoms with Crippen LogP contribution >= 0.6 is 0 Å². The van der Waals surface area contributed by atoms with Gasteiger partial charge in [-0.2, -0.15) is 0 Å². The van der Waals surface area contributed by atoms with E-state index in [9.17, 15) is 9.18 Å². The van der Waals surface area contributed by atoms with Gasteiger partial charge in [0, 0.05) is 6.07 Å². The number of carbonyl (C=O) groups excluding carboxylic acids is 1. The Morgan fingerprint density at radius 2 is 1.78 bits per heavy atom. The van der Waals surface area contributed by atoms with Crippen molar-refractivity contribution in [3.63, 3.8) is 0 Å². The molecule has 0 aliphatic heterocycles. The van der Waals surface area contributed by atoms with Gasteiger partial charge in [-0.25, -0.2) is 9.18 Å². The molecule has 0 amide bonds. The fourth-order valence-electron chi connectivity index (χ4n) is 1.44. The van der Waals surface area contributed by atoms with Crippen LogP contribution in [0.4, 0.5) is 4.39 Å². The standard InChI is InChI=1S/C14H11FO3/c1-17-14(16)10-5-7-12(8-6-10)18-13-4-2-3-11(15)9-13/h2-9H,1H3. The molecule has 4 heteroatoms. The summed E-state index contributed by atoms with van der Waals surface area (Å²) in [4.78, 5) is 11.2. The monoisotopic (exact) mass is 246 g/mol. The van der Waals surface area contributed by atoms with Crippen LogP contribution in [-0.2, 0) is 4.74 Å². The molecule has 3 nitrogen and oxygen atoms in total. The van der Waals surface area contributed by atoms with Gasteiger partial charge in [0.15, 0.2) is 0 Å². The first-order valence-electron chi connectivity index (χ1n) is 5.31. The van der Waals surface area contributed by atoms with Crippen LogP contribution in [0.3, 0.4) is 0 Å². The molecule has 0 saturated heterocycles. The van der Waals surface area contributed by atoms with Gasteiger partial charge in [0.1, 0.15) is 17.3 Å². The summed E-state index contributed by atoms with van der Waals surface area (Å²) in [6, 6.07) is 12.3. The van der Waals surface area contributed by atoms with Crippen LogP contribution in [0.5, 0.6) is 11.5 Å². The summed E-state index contributed by atoms with van der Waals surface area (Å²) < 4.78 is 23.0. The molecule has 0 heterocycles. The highest BCUT2D eigenvalue weighted by Crippen LogP contribution is 2.22. The normalized spacial score (nSPS) is 9.89. The number of benzene rings is 2. The van der Waals surface area contributed by atoms with Crippen molar-refractivity contribution in [3.05, 3.63) is 59.9 Å². The molecule has 0 unspecified atom stereocenters. The Hall–Kier alpha value is -2.36. The van der Waals surface area contributed by atoms with E-state index in [0.29, 0.717) is 17.1 Å². The summed E-state index contributed by atoms with van der Waals surface area (Å²) in [7, 11) is 1.32. The third-order valence-corrected chi connectivity index (χ3v) is 2.31. The molecule has 0 atom stereocenters. The lowest BCUT2D eigenvalue weighted by atomic mass is 10.2. The lowest BCUT2D eigenvalue weighted by Gasteiger charge is -2.06. The van der Waals surface area contributed by atoms with Gasteiger partial charge in [-0.1, -0.05) is 6.07 Å². The summed E-state index contributed by atoms with van der Waals surface area (Å²) in [5.41, 5.74) is 0.434. The number of esters is 1. The molecule has 0 aromatic heterocycles. The number of rotatable bonds is 3. The van der Waals surface area contributed by atoms with Crippen molar-refractivity contribution in [2.24, 2.45) is 0 Å². The number of halogens is 1. The topological polar surface area (TPSA) is 35.5 Å². The largest absolute Gasteiger partial charge is 0.465 e. The maximum absolute atomic E-state index is 12.9. The van der Waals surface area contributed by atoms with E-state index in [2.05, 4.69) is 4.74 Å². The molecule has 0 N–H and O–H groups in total. The molecule has 92 valence electrons. The minimum atomic E-state index is -0.410. The predicted molar refractivity (Wildman–Crippen MR) is 64.3 cm³/mol. The predicted octanol–water partition coefficient (Wildman–Crippen LogP) is 3.40. The van der Waals surface area contributed by atoms with Gasteiger partial charge in [-0.15, -0.1) is 0 Å². The highest BCUT2D eigenvalue weighted by Gasteiger charge is 2.05. The fraction of sp³-hybridized carbons (Fsp3) is 0.0714. The number of hydrogen-bond acceptors (Lipinski definition) is 3. The van der Waals surface area contributed by atoms with Crippen LogP contribution in [-0.4, -0.2) is 13.1 Å². The number of methoxy groups -OCH3 is 1. The Kier molecular flexibility index (Phi) is 3.57. The Morgan fingerprint density at radius 1 is 1.06 bits per heavy atom. The van der Waals surface area contributed by atoms with E-state index in [-0.39, 0.29) is 5.82 Å². The average Bonchev–Trinajstić information content (AvgIpc) is 2.39. The lowest BCUT2D eigenvalue weighted by molar-refractivity contribution is 0.0600. The summed E-state index contributed by atoms with van der Waals surface area (Å²) in [5, 5.41) is 0. The first-order valence-corrected chi connectivity index (χ1v) is 5.31. The van der Waals surface area contributed by atoms with E-state index in [1.54, 1.807) is 36.4 Å². The maximum atomic E-state index is 12.9. The summed E-state index contributed by atoms with van der Waals surface area (Å²) >= 11 is 0. The quantitative estimate of drug-likeness (QED) is 0.778. The maximum Gasteiger partial charge on any atom is 0.337 e. The van der Waals surface area contributed by atoms with Gasteiger partial charge in [0.2, 0.25) is 0 Å². The summed E-state index contributed by atoms with van der Waals surface area (Å²) in [6.07, 6.45) is 0. The fourth-order valence-corrected chi connectivity index (χ4v) is 1.44. The minimum absolute atomic E-state index is 0.362. The van der Waals surface area contributed by atoms with Gasteiger partial charge >= 0.3 is 5.97 Å². The summed E-state index contributed by atoms with van der Waals surface area (Å²) in [6.45, 7) is 0. The van der Waals surface area contributed by atoms with Gasteiger partial charge in [-0.3, -0.25) is 0 Å². The second-order valence-electron chi connectivity index (χ2n) is 3.58. The van der Waals surface area contributed by atoms with Crippen molar-refractivity contribution in [1.82, 2.24) is 0 Å². The Balaban J connectivity index is 2.13. The van der Waals surface area contributed by atoms with Crippen molar-refractivity contribution < 1.29 is 18.7 Å². The smallest absolute Gasteiger partial charge is 0.337 e. The molecule has 2 aromatic carbocycles. The molecule has 2 rings (SSSR count). The van der Waals surface area contributed by atoms with Gasteiger partial charge in [0.05, 0.1) is 12.7 Å². The van der Waals surface area contributed by atoms with Crippen LogP contribution in [0.15, 0.2) is 48.5 Å². The molecule has 0 saturated carbocycles. The average molecular weight is 246 g/mol. The Morgan fingerprint density at radius 3 is 2.39 bits per heavy atom. The zero-order valence-corrected chi connectivity index (χ0v) is 9.72. The highest BCUT2D eigenvalue weighted by atomic mass is 19.1. The zero-order chi connectivity index (χ0) is 13.0. The lowest BCUT2D eigenvalue weighted by Crippen LogP contribution is -2.00. The van der Waals surface area contributed by atoms with E-state index in [4.69, 9.17) is 4.74 Å². The van der Waals surface area contributed by atoms with Crippen molar-refractivity contribution in [3.8, 4) is 11.5 Å². The first kappa shape index (κ1) is 12.1. The molecular formula is C14H11FO3. The van der Waals surface area contributed by atoms with Crippen molar-refractivity contribution in [1.29, 1.82) is 0 Å². The third kappa shape index (κ3) is 2.85. The highest BCUT2D eigenvalue weighted by molar-refractivity contribution is 5.89. The number of carbonyl (C=O) groups is 1. The van der Waals surface area contributed by atoms with Crippen LogP contribution < -0.4 is 4.74 Å². The SMILES string of the molecule is COC(=O)c1ccc(Oc2cccc(F)c2)cc1. The van der Waals surface area contributed by atoms with Crippen molar-refractivity contribution >= 4 is 5.97 Å². The van der Waals surface area contributed by atoms with Crippen LogP contribution in [0.1, 0.15) is 10.4 Å². The molecule has 0 spiro atoms. The molecule has 0 fully saturated rings. The number of hydrogen-bond donors (Lipinski definition) is 0. The molecule has 0 aliphatic rings. The van der Waals surface area contributed by atoms with Gasteiger partial charge in [-0.05, 0) is 36.4 Å². The second kappa shape index (κ2) is 5.31. The van der Waals surface area contributed by atoms with Crippen LogP contribution in [0.25, 0.3) is 0 Å². The van der Waals surface area contributed by atoms with E-state index < -0.39 is 5.97 Å². The minimum Gasteiger partial charge on any atom is -0.465 e. The molecule has 2 aromatic rings. The molecular weight excluding hydrogens is 235 g/mol. The molecule has 18 heavy (non-hydrogen) atoms. The van der Waals surface area contributed by atoms with Crippen LogP contribution in [0, 0.1) is 5.82 Å². The van der Waals surface area contributed by atoms with E-state index >= 15 is 0 Å².